The number of benzene rings is 2. The van der Waals surface area contributed by atoms with Crippen molar-refractivity contribution < 1.29 is 4.79 Å². The minimum Gasteiger partial charge on any atom is -0.354 e. The number of nitrogens with zero attached hydrogens (tertiary/aromatic N) is 2. The van der Waals surface area contributed by atoms with E-state index < -0.39 is 0 Å². The van der Waals surface area contributed by atoms with Gasteiger partial charge >= 0.3 is 0 Å². The number of halogens is 1. The van der Waals surface area contributed by atoms with Gasteiger partial charge in [-0.25, -0.2) is 9.97 Å². The maximum atomic E-state index is 12.5. The molecule has 0 fully saturated rings. The van der Waals surface area contributed by atoms with Gasteiger partial charge in [0.1, 0.15) is 5.69 Å². The van der Waals surface area contributed by atoms with Crippen LogP contribution in [0.3, 0.4) is 0 Å². The van der Waals surface area contributed by atoms with E-state index in [4.69, 9.17) is 11.6 Å². The summed E-state index contributed by atoms with van der Waals surface area (Å²) in [6, 6.07) is 19.0. The van der Waals surface area contributed by atoms with Gasteiger partial charge in [-0.3, -0.25) is 4.79 Å². The van der Waals surface area contributed by atoms with E-state index >= 15 is 0 Å². The maximum Gasteiger partial charge on any atom is 0.270 e. The fourth-order valence-corrected chi connectivity index (χ4v) is 2.89. The van der Waals surface area contributed by atoms with E-state index in [0.717, 1.165) is 22.6 Å². The first-order valence-corrected chi connectivity index (χ1v) is 9.17. The Kier molecular flexibility index (Phi) is 6.39. The highest BCUT2D eigenvalue weighted by Gasteiger charge is 2.13. The van der Waals surface area contributed by atoms with Gasteiger partial charge in [0, 0.05) is 17.8 Å². The molecule has 0 bridgehead atoms. The summed E-state index contributed by atoms with van der Waals surface area (Å²) in [5.74, 6) is 0.198. The molecule has 0 saturated carbocycles. The van der Waals surface area contributed by atoms with Crippen molar-refractivity contribution >= 4 is 23.5 Å². The molecule has 1 amide bonds. The highest BCUT2D eigenvalue weighted by Crippen LogP contribution is 2.13. The van der Waals surface area contributed by atoms with Gasteiger partial charge < -0.3 is 10.6 Å². The fourth-order valence-electron chi connectivity index (χ4n) is 2.68. The maximum absolute atomic E-state index is 12.5. The Morgan fingerprint density at radius 3 is 2.70 bits per heavy atom. The largest absolute Gasteiger partial charge is 0.354 e. The Morgan fingerprint density at radius 1 is 1.11 bits per heavy atom. The molecule has 6 heteroatoms. The molecular formula is C21H21ClN4O. The van der Waals surface area contributed by atoms with Gasteiger partial charge in [0.15, 0.2) is 0 Å². The number of carbonyl (C=O) groups excluding carboxylic acids is 1. The summed E-state index contributed by atoms with van der Waals surface area (Å²) in [5, 5.41) is 6.82. The number of hydrogen-bond donors (Lipinski definition) is 2. The average molecular weight is 381 g/mol. The zero-order valence-corrected chi connectivity index (χ0v) is 15.8. The third-order valence-corrected chi connectivity index (χ3v) is 4.36. The molecule has 0 aliphatic rings. The summed E-state index contributed by atoms with van der Waals surface area (Å²) in [7, 11) is 0. The Balaban J connectivity index is 1.57. The first kappa shape index (κ1) is 18.9. The molecule has 0 aliphatic carbocycles. The predicted octanol–water partition coefficient (Wildman–Crippen LogP) is 4.28. The van der Waals surface area contributed by atoms with Crippen LogP contribution in [0, 0.1) is 0 Å². The van der Waals surface area contributed by atoms with Crippen molar-refractivity contribution in [1.82, 2.24) is 15.3 Å². The molecule has 3 aromatic rings. The normalized spacial score (nSPS) is 11.6. The van der Waals surface area contributed by atoms with Crippen molar-refractivity contribution in [1.29, 1.82) is 0 Å². The molecule has 2 aromatic carbocycles. The molecule has 0 spiro atoms. The van der Waals surface area contributed by atoms with E-state index in [1.54, 1.807) is 12.3 Å². The highest BCUT2D eigenvalue weighted by molar-refractivity contribution is 6.30. The van der Waals surface area contributed by atoms with Crippen LogP contribution < -0.4 is 10.6 Å². The minimum atomic E-state index is -0.230. The standard InChI is InChI=1S/C21H21ClN4O/c1-15(17-7-3-2-4-8-17)25-20(27)19-11-13-24-21(26-19)23-12-10-16-6-5-9-18(22)14-16/h2-9,11,13-15H,10,12H2,1H3,(H,25,27)(H,23,24,26). The Bertz CT molecular complexity index is 901. The van der Waals surface area contributed by atoms with Gasteiger partial charge in [-0.15, -0.1) is 0 Å². The fraction of sp³-hybridized carbons (Fsp3) is 0.190. The molecule has 1 atom stereocenters. The second-order valence-electron chi connectivity index (χ2n) is 6.18. The monoisotopic (exact) mass is 380 g/mol. The molecule has 1 unspecified atom stereocenters. The van der Waals surface area contributed by atoms with Gasteiger partial charge in [-0.2, -0.15) is 0 Å². The van der Waals surface area contributed by atoms with Crippen LogP contribution in [0.1, 0.15) is 34.6 Å². The first-order chi connectivity index (χ1) is 13.1. The van der Waals surface area contributed by atoms with E-state index in [-0.39, 0.29) is 11.9 Å². The van der Waals surface area contributed by atoms with Crippen LogP contribution in [0.15, 0.2) is 66.9 Å². The quantitative estimate of drug-likeness (QED) is 0.642. The number of amides is 1. The molecule has 27 heavy (non-hydrogen) atoms. The second-order valence-corrected chi connectivity index (χ2v) is 6.61. The summed E-state index contributed by atoms with van der Waals surface area (Å²) in [4.78, 5) is 21.0. The van der Waals surface area contributed by atoms with Crippen molar-refractivity contribution in [2.24, 2.45) is 0 Å². The highest BCUT2D eigenvalue weighted by atomic mass is 35.5. The van der Waals surface area contributed by atoms with Crippen LogP contribution >= 0.6 is 11.6 Å². The van der Waals surface area contributed by atoms with Crippen LogP contribution in [0.4, 0.5) is 5.95 Å². The molecule has 2 N–H and O–H groups in total. The lowest BCUT2D eigenvalue weighted by atomic mass is 10.1. The summed E-state index contributed by atoms with van der Waals surface area (Å²) >= 11 is 5.99. The van der Waals surface area contributed by atoms with Gasteiger partial charge in [0.05, 0.1) is 6.04 Å². The van der Waals surface area contributed by atoms with Gasteiger partial charge in [-0.05, 0) is 42.7 Å². The topological polar surface area (TPSA) is 66.9 Å². The number of carbonyl (C=O) groups is 1. The summed E-state index contributed by atoms with van der Waals surface area (Å²) in [5.41, 5.74) is 2.50. The van der Waals surface area contributed by atoms with Crippen molar-refractivity contribution in [2.75, 3.05) is 11.9 Å². The molecule has 138 valence electrons. The molecule has 0 radical (unpaired) electrons. The van der Waals surface area contributed by atoms with E-state index in [9.17, 15) is 4.79 Å². The zero-order chi connectivity index (χ0) is 19.1. The van der Waals surface area contributed by atoms with E-state index in [2.05, 4.69) is 20.6 Å². The van der Waals surface area contributed by atoms with Crippen molar-refractivity contribution in [2.45, 2.75) is 19.4 Å². The van der Waals surface area contributed by atoms with Gasteiger partial charge in [0.2, 0.25) is 5.95 Å². The zero-order valence-electron chi connectivity index (χ0n) is 15.0. The molecule has 0 saturated heterocycles. The van der Waals surface area contributed by atoms with E-state index in [1.165, 1.54) is 0 Å². The summed E-state index contributed by atoms with van der Waals surface area (Å²) in [6.07, 6.45) is 2.36. The third-order valence-electron chi connectivity index (χ3n) is 4.12. The molecule has 1 heterocycles. The minimum absolute atomic E-state index is 0.104. The number of aromatic nitrogens is 2. The van der Waals surface area contributed by atoms with Crippen molar-refractivity contribution in [3.63, 3.8) is 0 Å². The second kappa shape index (κ2) is 9.14. The van der Waals surface area contributed by atoms with Crippen molar-refractivity contribution in [3.05, 3.63) is 88.7 Å². The van der Waals surface area contributed by atoms with Crippen LogP contribution in [0.5, 0.6) is 0 Å². The Morgan fingerprint density at radius 2 is 1.93 bits per heavy atom. The summed E-state index contributed by atoms with van der Waals surface area (Å²) in [6.45, 7) is 2.59. The van der Waals surface area contributed by atoms with Crippen molar-refractivity contribution in [3.8, 4) is 0 Å². The summed E-state index contributed by atoms with van der Waals surface area (Å²) < 4.78 is 0. The predicted molar refractivity (Wildman–Crippen MR) is 108 cm³/mol. The van der Waals surface area contributed by atoms with Gasteiger partial charge in [-0.1, -0.05) is 54.1 Å². The number of hydrogen-bond acceptors (Lipinski definition) is 4. The van der Waals surface area contributed by atoms with Crippen LogP contribution in [0.2, 0.25) is 5.02 Å². The molecule has 3 rings (SSSR count). The molecule has 0 aliphatic heterocycles. The average Bonchev–Trinajstić information content (AvgIpc) is 2.69. The van der Waals surface area contributed by atoms with Crippen LogP contribution in [0.25, 0.3) is 0 Å². The molecule has 5 nitrogen and oxygen atoms in total. The Labute approximate surface area is 163 Å². The lowest BCUT2D eigenvalue weighted by Gasteiger charge is -2.14. The molecule has 1 aromatic heterocycles. The van der Waals surface area contributed by atoms with Crippen LogP contribution in [-0.4, -0.2) is 22.4 Å². The van der Waals surface area contributed by atoms with Gasteiger partial charge in [0.25, 0.3) is 5.91 Å². The lowest BCUT2D eigenvalue weighted by molar-refractivity contribution is 0.0935. The number of rotatable bonds is 7. The molecular weight excluding hydrogens is 360 g/mol. The SMILES string of the molecule is CC(NC(=O)c1ccnc(NCCc2cccc(Cl)c2)n1)c1ccccc1. The number of nitrogens with one attached hydrogen (secondary N) is 2. The smallest absolute Gasteiger partial charge is 0.270 e. The third kappa shape index (κ3) is 5.53. The Hall–Kier alpha value is -2.92. The first-order valence-electron chi connectivity index (χ1n) is 8.79. The van der Waals surface area contributed by atoms with Crippen LogP contribution in [-0.2, 0) is 6.42 Å². The van der Waals surface area contributed by atoms with E-state index in [0.29, 0.717) is 18.2 Å². The lowest BCUT2D eigenvalue weighted by Crippen LogP contribution is -2.27. The number of anilines is 1. The van der Waals surface area contributed by atoms with E-state index in [1.807, 2.05) is 61.5 Å².